The second kappa shape index (κ2) is 5.29. The molecule has 1 fully saturated rings. The molecule has 108 valence electrons. The van der Waals surface area contributed by atoms with Gasteiger partial charge in [0.15, 0.2) is 9.84 Å². The molecule has 0 saturated heterocycles. The largest absolute Gasteiger partial charge is 0.339 e. The molecule has 1 saturated carbocycles. The lowest BCUT2D eigenvalue weighted by atomic mass is 10.0. The number of nitrogens with zero attached hydrogens (tertiary/aromatic N) is 2. The molecule has 0 N–H and O–H groups in total. The lowest BCUT2D eigenvalue weighted by Gasteiger charge is -2.02. The van der Waals surface area contributed by atoms with Crippen LogP contribution in [0.3, 0.4) is 0 Å². The van der Waals surface area contributed by atoms with Crippen LogP contribution in [0.1, 0.15) is 31.6 Å². The van der Waals surface area contributed by atoms with Gasteiger partial charge in [-0.1, -0.05) is 18.0 Å². The van der Waals surface area contributed by atoms with Crippen molar-refractivity contribution in [3.63, 3.8) is 0 Å². The minimum Gasteiger partial charge on any atom is -0.339 e. The molecular weight excluding hydrogens is 296 g/mol. The summed E-state index contributed by atoms with van der Waals surface area (Å²) in [6.45, 7) is 0. The Hall–Kier alpha value is -1.21. The van der Waals surface area contributed by atoms with Gasteiger partial charge in [0.1, 0.15) is 4.21 Å². The molecule has 0 spiro atoms. The van der Waals surface area contributed by atoms with Crippen molar-refractivity contribution in [1.82, 2.24) is 10.1 Å². The van der Waals surface area contributed by atoms with Crippen LogP contribution >= 0.6 is 11.3 Å². The Kier molecular flexibility index (Phi) is 3.64. The zero-order valence-corrected chi connectivity index (χ0v) is 12.8. The summed E-state index contributed by atoms with van der Waals surface area (Å²) in [5.41, 5.74) is 0.541. The summed E-state index contributed by atoms with van der Waals surface area (Å²) in [4.78, 5) is 4.35. The fraction of sp³-hybridized carbons (Fsp3) is 0.538. The fourth-order valence-corrected chi connectivity index (χ4v) is 4.70. The maximum atomic E-state index is 11.7. The molecule has 1 aliphatic carbocycles. The average molecular weight is 312 g/mol. The smallest absolute Gasteiger partial charge is 0.227 e. The van der Waals surface area contributed by atoms with Gasteiger partial charge in [-0.2, -0.15) is 4.98 Å². The fourth-order valence-electron chi connectivity index (χ4n) is 2.66. The third-order valence-electron chi connectivity index (χ3n) is 3.61. The quantitative estimate of drug-likeness (QED) is 0.868. The summed E-state index contributed by atoms with van der Waals surface area (Å²) in [5.74, 6) is 1.61. The van der Waals surface area contributed by atoms with Crippen molar-refractivity contribution in [1.29, 1.82) is 0 Å². The van der Waals surface area contributed by atoms with Crippen molar-refractivity contribution in [2.75, 3.05) is 6.26 Å². The Morgan fingerprint density at radius 2 is 2.15 bits per heavy atom. The summed E-state index contributed by atoms with van der Waals surface area (Å²) in [6, 6.07) is 1.73. The molecule has 1 aliphatic rings. The van der Waals surface area contributed by atoms with E-state index in [0.29, 0.717) is 27.4 Å². The Labute approximate surface area is 121 Å². The van der Waals surface area contributed by atoms with Crippen LogP contribution in [0.4, 0.5) is 0 Å². The molecule has 0 radical (unpaired) electrons. The molecular formula is C13H16N2O3S2. The predicted molar refractivity (Wildman–Crippen MR) is 76.4 cm³/mol. The molecule has 0 aliphatic heterocycles. The number of hydrogen-bond donors (Lipinski definition) is 0. The molecule has 20 heavy (non-hydrogen) atoms. The van der Waals surface area contributed by atoms with E-state index in [4.69, 9.17) is 4.52 Å². The van der Waals surface area contributed by atoms with E-state index in [0.717, 1.165) is 6.42 Å². The first-order valence-corrected chi connectivity index (χ1v) is 9.41. The van der Waals surface area contributed by atoms with Crippen LogP contribution in [0, 0.1) is 5.92 Å². The first kappa shape index (κ1) is 13.8. The third-order valence-corrected chi connectivity index (χ3v) is 6.41. The summed E-state index contributed by atoms with van der Waals surface area (Å²) < 4.78 is 29.0. The van der Waals surface area contributed by atoms with E-state index >= 15 is 0 Å². The molecule has 7 heteroatoms. The predicted octanol–water partition coefficient (Wildman–Crippen LogP) is 2.93. The first-order chi connectivity index (χ1) is 9.54. The van der Waals surface area contributed by atoms with Crippen LogP contribution in [0.15, 0.2) is 20.2 Å². The molecule has 2 aromatic heterocycles. The first-order valence-electron chi connectivity index (χ1n) is 6.64. The third kappa shape index (κ3) is 2.78. The lowest BCUT2D eigenvalue weighted by Crippen LogP contribution is -1.99. The Morgan fingerprint density at radius 3 is 2.85 bits per heavy atom. The number of rotatable bonds is 4. The van der Waals surface area contributed by atoms with Crippen LogP contribution in [-0.4, -0.2) is 24.8 Å². The topological polar surface area (TPSA) is 73.1 Å². The van der Waals surface area contributed by atoms with Crippen molar-refractivity contribution < 1.29 is 12.9 Å². The van der Waals surface area contributed by atoms with Crippen LogP contribution in [0.2, 0.25) is 0 Å². The van der Waals surface area contributed by atoms with E-state index in [2.05, 4.69) is 10.1 Å². The van der Waals surface area contributed by atoms with E-state index in [1.54, 1.807) is 11.4 Å². The number of thiophene rings is 1. The van der Waals surface area contributed by atoms with Gasteiger partial charge in [0.2, 0.25) is 11.7 Å². The maximum absolute atomic E-state index is 11.7. The van der Waals surface area contributed by atoms with Gasteiger partial charge < -0.3 is 4.52 Å². The summed E-state index contributed by atoms with van der Waals surface area (Å²) in [7, 11) is -3.25. The second-order valence-electron chi connectivity index (χ2n) is 5.26. The van der Waals surface area contributed by atoms with Gasteiger partial charge in [-0.3, -0.25) is 0 Å². The van der Waals surface area contributed by atoms with Crippen molar-refractivity contribution in [2.24, 2.45) is 5.92 Å². The molecule has 3 rings (SSSR count). The van der Waals surface area contributed by atoms with Crippen molar-refractivity contribution in [3.8, 4) is 11.4 Å². The standard InChI is InChI=1S/C13H16N2O3S2/c1-20(16,17)13-10(6-7-19-13)12-14-11(18-15-12)8-9-4-2-3-5-9/h6-7,9H,2-5,8H2,1H3. The van der Waals surface area contributed by atoms with Crippen molar-refractivity contribution in [3.05, 3.63) is 17.3 Å². The maximum Gasteiger partial charge on any atom is 0.227 e. The van der Waals surface area contributed by atoms with Gasteiger partial charge >= 0.3 is 0 Å². The normalized spacial score (nSPS) is 16.9. The highest BCUT2D eigenvalue weighted by Crippen LogP contribution is 2.31. The van der Waals surface area contributed by atoms with Gasteiger partial charge in [-0.25, -0.2) is 8.42 Å². The van der Waals surface area contributed by atoms with Gasteiger partial charge in [-0.05, 0) is 30.2 Å². The Balaban J connectivity index is 1.85. The number of hydrogen-bond acceptors (Lipinski definition) is 6. The molecule has 0 amide bonds. The zero-order valence-electron chi connectivity index (χ0n) is 11.2. The summed E-state index contributed by atoms with van der Waals surface area (Å²) in [6.07, 6.45) is 6.96. The van der Waals surface area contributed by atoms with E-state index < -0.39 is 9.84 Å². The molecule has 0 atom stereocenters. The minimum absolute atomic E-state index is 0.297. The number of aromatic nitrogens is 2. The van der Waals surface area contributed by atoms with Crippen LogP contribution in [0.25, 0.3) is 11.4 Å². The molecule has 0 aromatic carbocycles. The van der Waals surface area contributed by atoms with E-state index in [1.807, 2.05) is 0 Å². The van der Waals surface area contributed by atoms with Gasteiger partial charge in [0.05, 0.1) is 5.56 Å². The monoisotopic (exact) mass is 312 g/mol. The highest BCUT2D eigenvalue weighted by Gasteiger charge is 2.22. The Morgan fingerprint density at radius 1 is 1.40 bits per heavy atom. The van der Waals surface area contributed by atoms with Gasteiger partial charge in [-0.15, -0.1) is 11.3 Å². The van der Waals surface area contributed by atoms with E-state index in [1.165, 1.54) is 43.3 Å². The Bertz CT molecular complexity index is 697. The number of sulfone groups is 1. The molecule has 2 aromatic rings. The van der Waals surface area contributed by atoms with Crippen LogP contribution in [0.5, 0.6) is 0 Å². The molecule has 5 nitrogen and oxygen atoms in total. The highest BCUT2D eigenvalue weighted by molar-refractivity contribution is 7.92. The lowest BCUT2D eigenvalue weighted by molar-refractivity contribution is 0.353. The van der Waals surface area contributed by atoms with Gasteiger partial charge in [0, 0.05) is 12.7 Å². The highest BCUT2D eigenvalue weighted by atomic mass is 32.2. The summed E-state index contributed by atoms with van der Waals surface area (Å²) in [5, 5.41) is 5.67. The SMILES string of the molecule is CS(=O)(=O)c1sccc1-c1noc(CC2CCCC2)n1. The molecule has 2 heterocycles. The van der Waals surface area contributed by atoms with Crippen molar-refractivity contribution >= 4 is 21.2 Å². The van der Waals surface area contributed by atoms with Gasteiger partial charge in [0.25, 0.3) is 0 Å². The van der Waals surface area contributed by atoms with Crippen molar-refractivity contribution in [2.45, 2.75) is 36.3 Å². The zero-order chi connectivity index (χ0) is 14.2. The van der Waals surface area contributed by atoms with Crippen LogP contribution in [-0.2, 0) is 16.3 Å². The average Bonchev–Trinajstić information content (AvgIpc) is 3.08. The van der Waals surface area contributed by atoms with Crippen LogP contribution < -0.4 is 0 Å². The molecule has 0 unspecified atom stereocenters. The summed E-state index contributed by atoms with van der Waals surface area (Å²) >= 11 is 1.18. The minimum atomic E-state index is -3.25. The second-order valence-corrected chi connectivity index (χ2v) is 8.39. The van der Waals surface area contributed by atoms with E-state index in [-0.39, 0.29) is 0 Å². The molecule has 0 bridgehead atoms. The van der Waals surface area contributed by atoms with E-state index in [9.17, 15) is 8.42 Å².